The molecular formula is C7H13N3O. The van der Waals surface area contributed by atoms with Crippen LogP contribution >= 0.6 is 0 Å². The largest absolute Gasteiger partial charge is 0.378 e. The molecule has 11 heavy (non-hydrogen) atoms. The maximum atomic E-state index is 11.3. The van der Waals surface area contributed by atoms with Crippen molar-refractivity contribution in [3.05, 3.63) is 7.05 Å². The number of Topliss-reactive ketones (excluding diaryl/α,β-unsaturated/α-hetero) is 1. The SMILES string of the molecule is [CH2-][NH+]1NCCC2NCC(=O)C21. The molecule has 0 spiro atoms. The third-order valence-corrected chi connectivity index (χ3v) is 2.47. The van der Waals surface area contributed by atoms with E-state index < -0.39 is 0 Å². The van der Waals surface area contributed by atoms with Crippen LogP contribution in [0.5, 0.6) is 0 Å². The molecule has 0 bridgehead atoms. The molecule has 2 aliphatic rings. The van der Waals surface area contributed by atoms with Gasteiger partial charge < -0.3 is 10.3 Å². The minimum atomic E-state index is 0.0451. The molecule has 62 valence electrons. The summed E-state index contributed by atoms with van der Waals surface area (Å²) in [4.78, 5) is 11.3. The number of rotatable bonds is 0. The Labute approximate surface area is 65.9 Å². The lowest BCUT2D eigenvalue weighted by Gasteiger charge is -2.35. The van der Waals surface area contributed by atoms with E-state index in [2.05, 4.69) is 17.8 Å². The Morgan fingerprint density at radius 2 is 2.45 bits per heavy atom. The molecule has 0 aromatic carbocycles. The van der Waals surface area contributed by atoms with Crippen LogP contribution in [0.1, 0.15) is 6.42 Å². The second-order valence-corrected chi connectivity index (χ2v) is 3.17. The molecule has 0 aliphatic carbocycles. The van der Waals surface area contributed by atoms with Gasteiger partial charge in [-0.05, 0) is 6.42 Å². The van der Waals surface area contributed by atoms with Crippen LogP contribution in [0.15, 0.2) is 0 Å². The highest BCUT2D eigenvalue weighted by atomic mass is 16.1. The topological polar surface area (TPSA) is 45.6 Å². The van der Waals surface area contributed by atoms with Crippen molar-refractivity contribution < 1.29 is 9.80 Å². The van der Waals surface area contributed by atoms with Gasteiger partial charge in [0.15, 0.2) is 6.04 Å². The Bertz CT molecular complexity index is 183. The van der Waals surface area contributed by atoms with E-state index in [1.807, 2.05) is 0 Å². The van der Waals surface area contributed by atoms with Gasteiger partial charge in [0.05, 0.1) is 12.6 Å². The smallest absolute Gasteiger partial charge is 0.204 e. The number of carbonyl (C=O) groups is 1. The van der Waals surface area contributed by atoms with Crippen LogP contribution in [0.25, 0.3) is 0 Å². The molecule has 4 nitrogen and oxygen atoms in total. The molecule has 3 N–H and O–H groups in total. The second kappa shape index (κ2) is 2.55. The van der Waals surface area contributed by atoms with Crippen molar-refractivity contribution in [2.75, 3.05) is 13.1 Å². The Kier molecular flexibility index (Phi) is 1.67. The van der Waals surface area contributed by atoms with Gasteiger partial charge in [-0.2, -0.15) is 5.43 Å². The van der Waals surface area contributed by atoms with Crippen LogP contribution in [0.4, 0.5) is 0 Å². The van der Waals surface area contributed by atoms with Crippen molar-refractivity contribution in [3.8, 4) is 0 Å². The van der Waals surface area contributed by atoms with Crippen molar-refractivity contribution in [2.45, 2.75) is 18.5 Å². The summed E-state index contributed by atoms with van der Waals surface area (Å²) in [6.07, 6.45) is 1.04. The van der Waals surface area contributed by atoms with Gasteiger partial charge in [-0.25, -0.2) is 0 Å². The zero-order valence-corrected chi connectivity index (χ0v) is 6.39. The van der Waals surface area contributed by atoms with Gasteiger partial charge in [-0.3, -0.25) is 4.79 Å². The molecular weight excluding hydrogens is 142 g/mol. The summed E-state index contributed by atoms with van der Waals surface area (Å²) in [5, 5.41) is 4.09. The minimum absolute atomic E-state index is 0.0451. The van der Waals surface area contributed by atoms with Crippen LogP contribution in [0.3, 0.4) is 0 Å². The highest BCUT2D eigenvalue weighted by Gasteiger charge is 2.40. The lowest BCUT2D eigenvalue weighted by molar-refractivity contribution is -0.922. The van der Waals surface area contributed by atoms with Crippen LogP contribution in [0, 0.1) is 7.05 Å². The van der Waals surface area contributed by atoms with Crippen molar-refractivity contribution in [3.63, 3.8) is 0 Å². The van der Waals surface area contributed by atoms with E-state index in [4.69, 9.17) is 0 Å². The van der Waals surface area contributed by atoms with Gasteiger partial charge in [0.2, 0.25) is 5.78 Å². The van der Waals surface area contributed by atoms with E-state index in [0.717, 1.165) is 18.0 Å². The number of hydrogen-bond donors (Lipinski definition) is 3. The second-order valence-electron chi connectivity index (χ2n) is 3.17. The summed E-state index contributed by atoms with van der Waals surface area (Å²) < 4.78 is 0. The van der Waals surface area contributed by atoms with Crippen molar-refractivity contribution in [2.24, 2.45) is 0 Å². The highest BCUT2D eigenvalue weighted by molar-refractivity contribution is 5.87. The fourth-order valence-corrected chi connectivity index (χ4v) is 1.89. The summed E-state index contributed by atoms with van der Waals surface area (Å²) in [5.74, 6) is 0.284. The molecule has 4 heteroatoms. The van der Waals surface area contributed by atoms with Gasteiger partial charge in [0, 0.05) is 6.54 Å². The Hall–Kier alpha value is -0.450. The molecule has 2 rings (SSSR count). The van der Waals surface area contributed by atoms with Gasteiger partial charge in [0.25, 0.3) is 0 Å². The van der Waals surface area contributed by atoms with E-state index in [0.29, 0.717) is 12.6 Å². The van der Waals surface area contributed by atoms with E-state index in [-0.39, 0.29) is 11.8 Å². The molecule has 0 aromatic rings. The molecule has 3 atom stereocenters. The number of quaternary nitrogens is 1. The molecule has 2 saturated heterocycles. The number of ketones is 1. The number of fused-ring (bicyclic) bond motifs is 1. The molecule has 2 fully saturated rings. The Morgan fingerprint density at radius 1 is 1.64 bits per heavy atom. The van der Waals surface area contributed by atoms with E-state index in [1.165, 1.54) is 0 Å². The molecule has 0 radical (unpaired) electrons. The molecule has 0 saturated carbocycles. The average molecular weight is 155 g/mol. The minimum Gasteiger partial charge on any atom is -0.378 e. The lowest BCUT2D eigenvalue weighted by atomic mass is 10.0. The number of carbonyl (C=O) groups excluding carboxylic acids is 1. The van der Waals surface area contributed by atoms with E-state index in [1.54, 1.807) is 0 Å². The Balaban J connectivity index is 2.14. The summed E-state index contributed by atoms with van der Waals surface area (Å²) in [6.45, 7) is 1.47. The van der Waals surface area contributed by atoms with Crippen molar-refractivity contribution in [1.82, 2.24) is 10.7 Å². The summed E-state index contributed by atoms with van der Waals surface area (Å²) >= 11 is 0. The van der Waals surface area contributed by atoms with Gasteiger partial charge >= 0.3 is 0 Å². The summed E-state index contributed by atoms with van der Waals surface area (Å²) in [5.41, 5.74) is 3.13. The van der Waals surface area contributed by atoms with Crippen LogP contribution in [-0.4, -0.2) is 31.0 Å². The van der Waals surface area contributed by atoms with Gasteiger partial charge in [-0.1, -0.05) is 0 Å². The number of nitrogens with one attached hydrogen (secondary N) is 3. The van der Waals surface area contributed by atoms with Crippen LogP contribution < -0.4 is 15.8 Å². The maximum Gasteiger partial charge on any atom is 0.204 e. The zero-order chi connectivity index (χ0) is 7.84. The first kappa shape index (κ1) is 7.21. The first-order valence-electron chi connectivity index (χ1n) is 3.98. The monoisotopic (exact) mass is 155 g/mol. The molecule has 0 aromatic heterocycles. The number of hydrogen-bond acceptors (Lipinski definition) is 3. The van der Waals surface area contributed by atoms with Crippen LogP contribution in [0.2, 0.25) is 0 Å². The predicted molar refractivity (Wildman–Crippen MR) is 39.5 cm³/mol. The molecule has 3 unspecified atom stereocenters. The highest BCUT2D eigenvalue weighted by Crippen LogP contribution is 2.05. The normalized spacial score (nSPS) is 44.1. The standard InChI is InChI=1S/C7H13N3O/c1-10-7-5(2-3-9-10)8-4-6(7)11/h5,7-10H,1-4H2. The van der Waals surface area contributed by atoms with Gasteiger partial charge in [0.1, 0.15) is 0 Å². The average Bonchev–Trinajstić information content (AvgIpc) is 2.34. The Morgan fingerprint density at radius 3 is 3.18 bits per heavy atom. The van der Waals surface area contributed by atoms with Gasteiger partial charge in [-0.15, -0.1) is 7.05 Å². The van der Waals surface area contributed by atoms with E-state index >= 15 is 0 Å². The molecule has 2 aliphatic heterocycles. The first-order valence-corrected chi connectivity index (χ1v) is 3.98. The summed E-state index contributed by atoms with van der Waals surface area (Å²) in [7, 11) is 3.84. The summed E-state index contributed by atoms with van der Waals surface area (Å²) in [6, 6.07) is 0.403. The lowest BCUT2D eigenvalue weighted by Crippen LogP contribution is -3.20. The van der Waals surface area contributed by atoms with E-state index in [9.17, 15) is 4.79 Å². The zero-order valence-electron chi connectivity index (χ0n) is 6.39. The molecule has 2 heterocycles. The third kappa shape index (κ3) is 1.07. The maximum absolute atomic E-state index is 11.3. The fourth-order valence-electron chi connectivity index (χ4n) is 1.89. The quantitative estimate of drug-likeness (QED) is 0.338. The van der Waals surface area contributed by atoms with Crippen LogP contribution in [-0.2, 0) is 4.79 Å². The predicted octanol–water partition coefficient (Wildman–Crippen LogP) is -2.52. The van der Waals surface area contributed by atoms with Crippen molar-refractivity contribution in [1.29, 1.82) is 0 Å². The first-order chi connectivity index (χ1) is 5.29. The third-order valence-electron chi connectivity index (χ3n) is 2.47. The molecule has 0 amide bonds. The fraction of sp³-hybridized carbons (Fsp3) is 0.714. The van der Waals surface area contributed by atoms with Crippen molar-refractivity contribution >= 4 is 5.78 Å².